The molecule has 5 heteroatoms. The number of carbonyl (C=O) groups excluding carboxylic acids is 1. The first-order valence-electron chi connectivity index (χ1n) is 7.26. The monoisotopic (exact) mass is 328 g/mol. The Kier molecular flexibility index (Phi) is 7.10. The fraction of sp³-hybridized carbons (Fsp3) is 0.105. The van der Waals surface area contributed by atoms with Crippen LogP contribution in [-0.4, -0.2) is 26.2 Å². The summed E-state index contributed by atoms with van der Waals surface area (Å²) in [5, 5.41) is 37.2. The van der Waals surface area contributed by atoms with Crippen molar-refractivity contribution in [3.63, 3.8) is 0 Å². The van der Waals surface area contributed by atoms with Crippen molar-refractivity contribution in [1.82, 2.24) is 0 Å². The number of ketones is 1. The minimum absolute atomic E-state index is 0.0575. The molecule has 0 atom stereocenters. The van der Waals surface area contributed by atoms with E-state index in [1.807, 2.05) is 6.08 Å². The van der Waals surface area contributed by atoms with Crippen LogP contribution < -0.4 is 0 Å². The molecule has 0 saturated heterocycles. The summed E-state index contributed by atoms with van der Waals surface area (Å²) in [7, 11) is 0. The number of phenolic OH excluding ortho intramolecular Hbond substituents is 4. The maximum atomic E-state index is 11.9. The van der Waals surface area contributed by atoms with Crippen molar-refractivity contribution in [2.45, 2.75) is 13.3 Å². The number of allylic oxidation sites excluding steroid dienone is 2. The van der Waals surface area contributed by atoms with E-state index in [0.717, 1.165) is 12.5 Å². The Morgan fingerprint density at radius 3 is 2.21 bits per heavy atom. The van der Waals surface area contributed by atoms with Crippen LogP contribution >= 0.6 is 0 Å². The van der Waals surface area contributed by atoms with E-state index in [4.69, 9.17) is 10.2 Å². The van der Waals surface area contributed by atoms with Crippen molar-refractivity contribution in [2.75, 3.05) is 0 Å². The van der Waals surface area contributed by atoms with Gasteiger partial charge in [-0.25, -0.2) is 0 Å². The largest absolute Gasteiger partial charge is 0.508 e. The van der Waals surface area contributed by atoms with Crippen LogP contribution in [0.4, 0.5) is 0 Å². The van der Waals surface area contributed by atoms with Gasteiger partial charge in [-0.05, 0) is 42.3 Å². The molecule has 0 amide bonds. The van der Waals surface area contributed by atoms with E-state index in [1.54, 1.807) is 0 Å². The van der Waals surface area contributed by atoms with Gasteiger partial charge in [0.1, 0.15) is 11.5 Å². The van der Waals surface area contributed by atoms with Crippen LogP contribution in [0.2, 0.25) is 0 Å². The van der Waals surface area contributed by atoms with Crippen molar-refractivity contribution in [2.24, 2.45) is 0 Å². The van der Waals surface area contributed by atoms with Gasteiger partial charge >= 0.3 is 0 Å². The Balaban J connectivity index is 0.000000648. The molecular weight excluding hydrogens is 308 g/mol. The second-order valence-corrected chi connectivity index (χ2v) is 4.84. The molecule has 2 aromatic carbocycles. The molecule has 0 radical (unpaired) electrons. The highest BCUT2D eigenvalue weighted by atomic mass is 16.3. The Morgan fingerprint density at radius 1 is 1.00 bits per heavy atom. The lowest BCUT2D eigenvalue weighted by molar-refractivity contribution is 0.104. The van der Waals surface area contributed by atoms with Crippen LogP contribution in [0, 0.1) is 0 Å². The molecule has 0 aliphatic heterocycles. The quantitative estimate of drug-likeness (QED) is 0.294. The highest BCUT2D eigenvalue weighted by Crippen LogP contribution is 2.26. The third-order valence-corrected chi connectivity index (χ3v) is 2.96. The summed E-state index contributed by atoms with van der Waals surface area (Å²) in [4.78, 5) is 11.9. The van der Waals surface area contributed by atoms with Gasteiger partial charge in [0.25, 0.3) is 0 Å². The molecule has 126 valence electrons. The van der Waals surface area contributed by atoms with Gasteiger partial charge < -0.3 is 20.4 Å². The molecule has 0 saturated carbocycles. The third kappa shape index (κ3) is 5.53. The molecule has 0 aliphatic carbocycles. The number of hydrogen-bond acceptors (Lipinski definition) is 5. The lowest BCUT2D eigenvalue weighted by Crippen LogP contribution is -1.94. The Bertz CT molecular complexity index is 747. The normalized spacial score (nSPS) is 10.0. The molecule has 0 unspecified atom stereocenters. The van der Waals surface area contributed by atoms with Crippen molar-refractivity contribution in [3.8, 4) is 23.0 Å². The second-order valence-electron chi connectivity index (χ2n) is 4.84. The summed E-state index contributed by atoms with van der Waals surface area (Å²) in [6.45, 7) is 5.54. The van der Waals surface area contributed by atoms with Crippen LogP contribution in [0.3, 0.4) is 0 Å². The van der Waals surface area contributed by atoms with Gasteiger partial charge in [0.05, 0.1) is 5.56 Å². The molecule has 0 spiro atoms. The summed E-state index contributed by atoms with van der Waals surface area (Å²) in [5.74, 6) is -1.42. The fourth-order valence-corrected chi connectivity index (χ4v) is 1.63. The minimum atomic E-state index is -0.449. The van der Waals surface area contributed by atoms with Gasteiger partial charge in [-0.2, -0.15) is 0 Å². The van der Waals surface area contributed by atoms with E-state index in [-0.39, 0.29) is 28.6 Å². The van der Waals surface area contributed by atoms with Gasteiger partial charge in [-0.15, -0.1) is 6.58 Å². The zero-order valence-corrected chi connectivity index (χ0v) is 13.3. The molecule has 0 aromatic heterocycles. The van der Waals surface area contributed by atoms with Crippen LogP contribution in [-0.2, 0) is 0 Å². The van der Waals surface area contributed by atoms with Crippen LogP contribution in [0.25, 0.3) is 6.08 Å². The van der Waals surface area contributed by atoms with Gasteiger partial charge in [0.15, 0.2) is 17.3 Å². The van der Waals surface area contributed by atoms with Crippen molar-refractivity contribution < 1.29 is 25.2 Å². The Morgan fingerprint density at radius 2 is 1.67 bits per heavy atom. The summed E-state index contributed by atoms with van der Waals surface area (Å²) >= 11 is 0. The average molecular weight is 328 g/mol. The molecule has 0 heterocycles. The van der Waals surface area contributed by atoms with E-state index in [2.05, 4.69) is 13.5 Å². The number of rotatable bonds is 4. The van der Waals surface area contributed by atoms with Crippen LogP contribution in [0.15, 0.2) is 55.1 Å². The smallest absolute Gasteiger partial charge is 0.189 e. The van der Waals surface area contributed by atoms with E-state index < -0.39 is 5.78 Å². The van der Waals surface area contributed by atoms with Gasteiger partial charge in [0, 0.05) is 6.07 Å². The lowest BCUT2D eigenvalue weighted by Gasteiger charge is -2.01. The third-order valence-electron chi connectivity index (χ3n) is 2.96. The molecule has 4 N–H and O–H groups in total. The molecule has 0 aliphatic rings. The zero-order valence-electron chi connectivity index (χ0n) is 13.3. The van der Waals surface area contributed by atoms with Crippen LogP contribution in [0.1, 0.15) is 29.3 Å². The number of carbonyl (C=O) groups is 1. The average Bonchev–Trinajstić information content (AvgIpc) is 2.56. The van der Waals surface area contributed by atoms with Crippen molar-refractivity contribution in [1.29, 1.82) is 0 Å². The number of aromatic hydroxyl groups is 4. The van der Waals surface area contributed by atoms with Crippen molar-refractivity contribution in [3.05, 3.63) is 66.3 Å². The van der Waals surface area contributed by atoms with Crippen LogP contribution in [0.5, 0.6) is 23.0 Å². The molecule has 2 aromatic rings. The molecule has 0 fully saturated rings. The minimum Gasteiger partial charge on any atom is -0.508 e. The van der Waals surface area contributed by atoms with Crippen molar-refractivity contribution >= 4 is 11.9 Å². The molecule has 24 heavy (non-hydrogen) atoms. The van der Waals surface area contributed by atoms with E-state index in [9.17, 15) is 15.0 Å². The first-order chi connectivity index (χ1) is 11.4. The first-order valence-corrected chi connectivity index (χ1v) is 7.26. The summed E-state index contributed by atoms with van der Waals surface area (Å²) in [6.07, 6.45) is 5.62. The molecular formula is C19H20O5. The standard InChI is InChI=1S/C15H12O5.C4H8/c16-10-3-4-11(14(19)8-10)12(17)5-1-9-2-6-13(18)15(20)7-9;1-3-4-2/h1-8,16,18-20H;3H,1,4H2,2H3/b5-1+;. The molecule has 0 bridgehead atoms. The second kappa shape index (κ2) is 9.05. The lowest BCUT2D eigenvalue weighted by atomic mass is 10.1. The first kappa shape index (κ1) is 18.8. The SMILES string of the molecule is C=CCC.O=C(/C=C/c1ccc(O)c(O)c1)c1ccc(O)cc1O. The van der Waals surface area contributed by atoms with Gasteiger partial charge in [-0.1, -0.05) is 25.1 Å². The predicted octanol–water partition coefficient (Wildman–Crippen LogP) is 3.99. The molecule has 2 rings (SSSR count). The maximum Gasteiger partial charge on any atom is 0.189 e. The summed E-state index contributed by atoms with van der Waals surface area (Å²) in [5.41, 5.74) is 0.578. The van der Waals surface area contributed by atoms with Gasteiger partial charge in [0.2, 0.25) is 0 Å². The fourth-order valence-electron chi connectivity index (χ4n) is 1.63. The van der Waals surface area contributed by atoms with E-state index in [0.29, 0.717) is 5.56 Å². The highest BCUT2D eigenvalue weighted by molar-refractivity contribution is 6.08. The zero-order chi connectivity index (χ0) is 18.1. The Hall–Kier alpha value is -3.21. The van der Waals surface area contributed by atoms with E-state index >= 15 is 0 Å². The number of hydrogen-bond donors (Lipinski definition) is 4. The predicted molar refractivity (Wildman–Crippen MR) is 93.4 cm³/mol. The highest BCUT2D eigenvalue weighted by Gasteiger charge is 2.08. The number of phenols is 4. The van der Waals surface area contributed by atoms with E-state index in [1.165, 1.54) is 42.5 Å². The number of benzene rings is 2. The molecule has 5 nitrogen and oxygen atoms in total. The maximum absolute atomic E-state index is 11.9. The Labute approximate surface area is 140 Å². The topological polar surface area (TPSA) is 98.0 Å². The van der Waals surface area contributed by atoms with Gasteiger partial charge in [-0.3, -0.25) is 4.79 Å². The summed E-state index contributed by atoms with van der Waals surface area (Å²) < 4.78 is 0. The summed E-state index contributed by atoms with van der Waals surface area (Å²) in [6, 6.07) is 7.81.